The Morgan fingerprint density at radius 2 is 1.73 bits per heavy atom. The van der Waals surface area contributed by atoms with Crippen molar-refractivity contribution in [3.63, 3.8) is 0 Å². The van der Waals surface area contributed by atoms with Gasteiger partial charge in [-0.05, 0) is 83.4 Å². The fourth-order valence-electron chi connectivity index (χ4n) is 5.82. The summed E-state index contributed by atoms with van der Waals surface area (Å²) in [5.74, 6) is 1.27. The minimum absolute atomic E-state index is 0.174. The number of amides is 1. The number of thiophene rings is 1. The van der Waals surface area contributed by atoms with Crippen molar-refractivity contribution in [3.8, 4) is 0 Å². The SMILES string of the molecule is COC(=O)C(C)(C)N1CCC(c2cc(C(=O)N3CCCC4CCCCC43)cs2)CC1. The molecule has 2 aliphatic heterocycles. The van der Waals surface area contributed by atoms with Crippen molar-refractivity contribution in [3.05, 3.63) is 21.9 Å². The maximum absolute atomic E-state index is 13.3. The highest BCUT2D eigenvalue weighted by atomic mass is 32.1. The molecule has 2 saturated heterocycles. The van der Waals surface area contributed by atoms with Crippen LogP contribution in [0.25, 0.3) is 0 Å². The molecule has 0 radical (unpaired) electrons. The van der Waals surface area contributed by atoms with Gasteiger partial charge in [-0.1, -0.05) is 12.8 Å². The van der Waals surface area contributed by atoms with E-state index in [4.69, 9.17) is 4.74 Å². The summed E-state index contributed by atoms with van der Waals surface area (Å²) in [5, 5.41) is 2.08. The Kier molecular flexibility index (Phi) is 6.54. The van der Waals surface area contributed by atoms with Gasteiger partial charge < -0.3 is 9.64 Å². The summed E-state index contributed by atoms with van der Waals surface area (Å²) in [6, 6.07) is 2.62. The summed E-state index contributed by atoms with van der Waals surface area (Å²) in [7, 11) is 1.46. The molecular weight excluding hydrogens is 396 g/mol. The molecule has 1 amide bonds. The number of nitrogens with zero attached hydrogens (tertiary/aromatic N) is 2. The largest absolute Gasteiger partial charge is 0.468 e. The second-order valence-electron chi connectivity index (χ2n) is 9.80. The van der Waals surface area contributed by atoms with Gasteiger partial charge in [0.2, 0.25) is 0 Å². The molecule has 0 aromatic carbocycles. The Hall–Kier alpha value is -1.40. The summed E-state index contributed by atoms with van der Waals surface area (Å²) >= 11 is 1.74. The Balaban J connectivity index is 1.39. The molecule has 0 bridgehead atoms. The summed E-state index contributed by atoms with van der Waals surface area (Å²) in [4.78, 5) is 31.2. The minimum Gasteiger partial charge on any atom is -0.468 e. The monoisotopic (exact) mass is 432 g/mol. The lowest BCUT2D eigenvalue weighted by Gasteiger charge is -2.44. The second-order valence-corrected chi connectivity index (χ2v) is 10.7. The molecule has 1 aromatic heterocycles. The van der Waals surface area contributed by atoms with E-state index in [1.54, 1.807) is 11.3 Å². The third kappa shape index (κ3) is 4.18. The molecule has 6 heteroatoms. The first kappa shape index (κ1) is 21.8. The predicted octanol–water partition coefficient (Wildman–Crippen LogP) is 4.67. The zero-order chi connectivity index (χ0) is 21.3. The number of methoxy groups -OCH3 is 1. The van der Waals surface area contributed by atoms with Gasteiger partial charge in [0, 0.05) is 22.8 Å². The van der Waals surface area contributed by atoms with E-state index in [1.807, 2.05) is 13.8 Å². The lowest BCUT2D eigenvalue weighted by atomic mass is 9.78. The standard InChI is InChI=1S/C24H36N2O3S/c1-24(2,23(28)29-3)25-13-10-18(11-14-25)21-15-19(16-30-21)22(27)26-12-6-8-17-7-4-5-9-20(17)26/h15-18,20H,4-14H2,1-3H3. The van der Waals surface area contributed by atoms with Crippen molar-refractivity contribution in [1.82, 2.24) is 9.80 Å². The zero-order valence-electron chi connectivity index (χ0n) is 18.7. The summed E-state index contributed by atoms with van der Waals surface area (Å²) < 4.78 is 4.98. The van der Waals surface area contributed by atoms with Crippen LogP contribution in [0.5, 0.6) is 0 Å². The average Bonchev–Trinajstić information content (AvgIpc) is 3.28. The van der Waals surface area contributed by atoms with Crippen molar-refractivity contribution >= 4 is 23.2 Å². The van der Waals surface area contributed by atoms with Crippen LogP contribution in [0.15, 0.2) is 11.4 Å². The molecule has 3 heterocycles. The number of rotatable bonds is 4. The Labute approximate surface area is 184 Å². The Morgan fingerprint density at radius 1 is 1.03 bits per heavy atom. The van der Waals surface area contributed by atoms with Crippen LogP contribution < -0.4 is 0 Å². The number of carbonyl (C=O) groups is 2. The Morgan fingerprint density at radius 3 is 2.47 bits per heavy atom. The van der Waals surface area contributed by atoms with Crippen molar-refractivity contribution in [2.24, 2.45) is 5.92 Å². The fraction of sp³-hybridized carbons (Fsp3) is 0.750. The maximum Gasteiger partial charge on any atom is 0.325 e. The number of esters is 1. The molecule has 0 N–H and O–H groups in total. The van der Waals surface area contributed by atoms with E-state index in [0.29, 0.717) is 12.0 Å². The molecular formula is C24H36N2O3S. The summed E-state index contributed by atoms with van der Waals surface area (Å²) in [5.41, 5.74) is 0.305. The maximum atomic E-state index is 13.3. The molecule has 5 nitrogen and oxygen atoms in total. The molecule has 30 heavy (non-hydrogen) atoms. The van der Waals surface area contributed by atoms with Gasteiger partial charge in [0.15, 0.2) is 0 Å². The van der Waals surface area contributed by atoms with Crippen molar-refractivity contribution in [2.75, 3.05) is 26.7 Å². The molecule has 1 aromatic rings. The van der Waals surface area contributed by atoms with Gasteiger partial charge in [0.25, 0.3) is 5.91 Å². The molecule has 2 atom stereocenters. The molecule has 4 rings (SSSR count). The number of fused-ring (bicyclic) bond motifs is 1. The normalized spacial score (nSPS) is 26.3. The number of piperidine rings is 2. The van der Waals surface area contributed by atoms with Crippen LogP contribution in [-0.2, 0) is 9.53 Å². The summed E-state index contributed by atoms with van der Waals surface area (Å²) in [6.45, 7) is 6.57. The number of ether oxygens (including phenoxy) is 1. The number of carbonyl (C=O) groups excluding carboxylic acids is 2. The minimum atomic E-state index is -0.582. The van der Waals surface area contributed by atoms with E-state index in [0.717, 1.165) is 50.4 Å². The smallest absolute Gasteiger partial charge is 0.325 e. The molecule has 1 saturated carbocycles. The van der Waals surface area contributed by atoms with E-state index in [1.165, 1.54) is 44.1 Å². The molecule has 0 spiro atoms. The molecule has 166 valence electrons. The fourth-order valence-corrected chi connectivity index (χ4v) is 6.88. The second kappa shape index (κ2) is 8.99. The number of hydrogen-bond donors (Lipinski definition) is 0. The van der Waals surface area contributed by atoms with Crippen molar-refractivity contribution in [1.29, 1.82) is 0 Å². The van der Waals surface area contributed by atoms with Crippen LogP contribution >= 0.6 is 11.3 Å². The van der Waals surface area contributed by atoms with Gasteiger partial charge in [-0.2, -0.15) is 0 Å². The molecule has 1 aliphatic carbocycles. The highest BCUT2D eigenvalue weighted by Crippen LogP contribution is 2.38. The van der Waals surface area contributed by atoms with E-state index in [2.05, 4.69) is 21.2 Å². The topological polar surface area (TPSA) is 49.9 Å². The van der Waals surface area contributed by atoms with Crippen LogP contribution in [0.1, 0.15) is 86.4 Å². The van der Waals surface area contributed by atoms with Gasteiger partial charge >= 0.3 is 5.97 Å². The first-order valence-corrected chi connectivity index (χ1v) is 12.5. The van der Waals surface area contributed by atoms with Gasteiger partial charge in [-0.3, -0.25) is 14.5 Å². The quantitative estimate of drug-likeness (QED) is 0.649. The third-order valence-corrected chi connectivity index (χ3v) is 8.84. The van der Waals surface area contributed by atoms with Crippen LogP contribution in [0, 0.1) is 5.92 Å². The van der Waals surface area contributed by atoms with E-state index in [9.17, 15) is 9.59 Å². The van der Waals surface area contributed by atoms with E-state index in [-0.39, 0.29) is 11.9 Å². The van der Waals surface area contributed by atoms with Crippen LogP contribution in [0.2, 0.25) is 0 Å². The number of hydrogen-bond acceptors (Lipinski definition) is 5. The first-order valence-electron chi connectivity index (χ1n) is 11.6. The first-order chi connectivity index (χ1) is 14.4. The van der Waals surface area contributed by atoms with Crippen molar-refractivity contribution in [2.45, 2.75) is 82.7 Å². The number of likely N-dealkylation sites (tertiary alicyclic amines) is 2. The van der Waals surface area contributed by atoms with Crippen LogP contribution in [0.3, 0.4) is 0 Å². The Bertz CT molecular complexity index is 764. The van der Waals surface area contributed by atoms with Gasteiger partial charge in [0.05, 0.1) is 12.7 Å². The predicted molar refractivity (Wildman–Crippen MR) is 120 cm³/mol. The van der Waals surface area contributed by atoms with Gasteiger partial charge in [0.1, 0.15) is 5.54 Å². The molecule has 2 unspecified atom stereocenters. The van der Waals surface area contributed by atoms with Gasteiger partial charge in [-0.25, -0.2) is 0 Å². The molecule has 3 fully saturated rings. The summed E-state index contributed by atoms with van der Waals surface area (Å²) in [6.07, 6.45) is 9.55. The van der Waals surface area contributed by atoms with Crippen LogP contribution in [-0.4, -0.2) is 60.0 Å². The average molecular weight is 433 g/mol. The molecule has 3 aliphatic rings. The third-order valence-electron chi connectivity index (χ3n) is 7.74. The lowest BCUT2D eigenvalue weighted by Crippen LogP contribution is -2.53. The van der Waals surface area contributed by atoms with E-state index < -0.39 is 5.54 Å². The van der Waals surface area contributed by atoms with E-state index >= 15 is 0 Å². The van der Waals surface area contributed by atoms with Gasteiger partial charge in [-0.15, -0.1) is 11.3 Å². The highest BCUT2D eigenvalue weighted by Gasteiger charge is 2.39. The van der Waals surface area contributed by atoms with Crippen molar-refractivity contribution < 1.29 is 14.3 Å². The lowest BCUT2D eigenvalue weighted by molar-refractivity contribution is -0.153. The zero-order valence-corrected chi connectivity index (χ0v) is 19.5. The van der Waals surface area contributed by atoms with Crippen LogP contribution in [0.4, 0.5) is 0 Å². The highest BCUT2D eigenvalue weighted by molar-refractivity contribution is 7.10.